The number of esters is 1. The smallest absolute Gasteiger partial charge is 0.347 e. The summed E-state index contributed by atoms with van der Waals surface area (Å²) >= 11 is 0. The van der Waals surface area contributed by atoms with Crippen molar-refractivity contribution < 1.29 is 18.7 Å². The zero-order chi connectivity index (χ0) is 13.1. The average molecular weight is 244 g/mol. The zero-order valence-electron chi connectivity index (χ0n) is 9.74. The van der Waals surface area contributed by atoms with Gasteiger partial charge in [-0.05, 0) is 20.8 Å². The number of rotatable bonds is 3. The van der Waals surface area contributed by atoms with Crippen LogP contribution in [0.4, 0.5) is 4.39 Å². The molecular formula is C10H13FN2O4. The molecule has 0 aliphatic rings. The van der Waals surface area contributed by atoms with Crippen LogP contribution in [0, 0.1) is 11.2 Å². The Labute approximate surface area is 96.8 Å². The number of halogens is 1. The lowest BCUT2D eigenvalue weighted by Crippen LogP contribution is -2.25. The normalized spacial score (nSPS) is 11.1. The summed E-state index contributed by atoms with van der Waals surface area (Å²) in [5.74, 6) is -1.74. The van der Waals surface area contributed by atoms with Gasteiger partial charge in [0.05, 0.1) is 11.6 Å². The minimum Gasteiger partial charge on any atom is -0.439 e. The summed E-state index contributed by atoms with van der Waals surface area (Å²) in [6.45, 7) is 4.53. The lowest BCUT2D eigenvalue weighted by molar-refractivity contribution is -0.159. The van der Waals surface area contributed by atoms with Crippen molar-refractivity contribution >= 4 is 5.97 Å². The third kappa shape index (κ3) is 3.86. The van der Waals surface area contributed by atoms with Gasteiger partial charge in [-0.2, -0.15) is 9.37 Å². The van der Waals surface area contributed by atoms with E-state index in [4.69, 9.17) is 9.47 Å². The molecule has 1 aromatic heterocycles. The minimum absolute atomic E-state index is 0.410. The molecule has 0 unspecified atom stereocenters. The van der Waals surface area contributed by atoms with E-state index in [-0.39, 0.29) is 0 Å². The Kier molecular flexibility index (Phi) is 3.82. The number of hydrogen-bond donors (Lipinski definition) is 1. The highest BCUT2D eigenvalue weighted by Crippen LogP contribution is 2.15. The van der Waals surface area contributed by atoms with Crippen molar-refractivity contribution in [3.8, 4) is 5.88 Å². The summed E-state index contributed by atoms with van der Waals surface area (Å²) < 4.78 is 22.5. The fraction of sp³-hybridized carbons (Fsp3) is 0.500. The van der Waals surface area contributed by atoms with Gasteiger partial charge in [-0.25, -0.2) is 4.79 Å². The fourth-order valence-electron chi connectivity index (χ4n) is 0.826. The molecule has 1 N–H and O–H groups in total. The molecule has 1 rings (SSSR count). The molecule has 94 valence electrons. The second-order valence-corrected chi connectivity index (χ2v) is 4.31. The van der Waals surface area contributed by atoms with Crippen LogP contribution in [0.15, 0.2) is 11.0 Å². The zero-order valence-corrected chi connectivity index (χ0v) is 9.74. The van der Waals surface area contributed by atoms with Crippen LogP contribution in [0.5, 0.6) is 5.88 Å². The molecule has 17 heavy (non-hydrogen) atoms. The minimum atomic E-state index is -0.837. The molecule has 0 saturated heterocycles. The molecule has 1 aromatic rings. The Bertz CT molecular complexity index is 464. The van der Waals surface area contributed by atoms with E-state index >= 15 is 0 Å². The Morgan fingerprint density at radius 3 is 2.76 bits per heavy atom. The highest BCUT2D eigenvalue weighted by molar-refractivity contribution is 5.75. The van der Waals surface area contributed by atoms with Crippen LogP contribution in [0.25, 0.3) is 0 Å². The lowest BCUT2D eigenvalue weighted by Gasteiger charge is -2.16. The largest absolute Gasteiger partial charge is 0.439 e. The molecular weight excluding hydrogens is 231 g/mol. The summed E-state index contributed by atoms with van der Waals surface area (Å²) in [5.41, 5.74) is -1.42. The topological polar surface area (TPSA) is 81.3 Å². The Morgan fingerprint density at radius 2 is 2.18 bits per heavy atom. The summed E-state index contributed by atoms with van der Waals surface area (Å²) in [4.78, 5) is 27.3. The third-order valence-electron chi connectivity index (χ3n) is 1.74. The van der Waals surface area contributed by atoms with Gasteiger partial charge in [0.15, 0.2) is 0 Å². The predicted octanol–water partition coefficient (Wildman–Crippen LogP) is 0.835. The van der Waals surface area contributed by atoms with E-state index in [1.807, 2.05) is 4.98 Å². The van der Waals surface area contributed by atoms with E-state index in [1.54, 1.807) is 20.8 Å². The van der Waals surface area contributed by atoms with Crippen molar-refractivity contribution in [1.82, 2.24) is 9.97 Å². The Balaban J connectivity index is 2.55. The average Bonchev–Trinajstić information content (AvgIpc) is 2.21. The van der Waals surface area contributed by atoms with Crippen LogP contribution < -0.4 is 10.4 Å². The summed E-state index contributed by atoms with van der Waals surface area (Å²) in [6, 6.07) is 0. The van der Waals surface area contributed by atoms with Crippen LogP contribution in [0.2, 0.25) is 0 Å². The van der Waals surface area contributed by atoms with Crippen molar-refractivity contribution in [3.63, 3.8) is 0 Å². The third-order valence-corrected chi connectivity index (χ3v) is 1.74. The molecule has 6 nitrogen and oxygen atoms in total. The van der Waals surface area contributed by atoms with Crippen LogP contribution >= 0.6 is 0 Å². The van der Waals surface area contributed by atoms with Crippen molar-refractivity contribution in [2.45, 2.75) is 20.8 Å². The van der Waals surface area contributed by atoms with Crippen molar-refractivity contribution in [2.24, 2.45) is 5.41 Å². The molecule has 0 amide bonds. The number of aromatic nitrogens is 2. The number of hydrogen-bond acceptors (Lipinski definition) is 5. The van der Waals surface area contributed by atoms with Gasteiger partial charge < -0.3 is 9.47 Å². The molecule has 7 heteroatoms. The Hall–Kier alpha value is -1.92. The second-order valence-electron chi connectivity index (χ2n) is 4.31. The van der Waals surface area contributed by atoms with Gasteiger partial charge in [-0.3, -0.25) is 9.78 Å². The first-order chi connectivity index (χ1) is 7.80. The van der Waals surface area contributed by atoms with Crippen LogP contribution in [-0.4, -0.2) is 22.7 Å². The monoisotopic (exact) mass is 244 g/mol. The molecule has 0 aliphatic heterocycles. The first-order valence-electron chi connectivity index (χ1n) is 4.85. The van der Waals surface area contributed by atoms with Crippen LogP contribution in [0.1, 0.15) is 20.8 Å². The lowest BCUT2D eigenvalue weighted by atomic mass is 9.98. The van der Waals surface area contributed by atoms with Gasteiger partial charge >= 0.3 is 11.7 Å². The summed E-state index contributed by atoms with van der Waals surface area (Å²) in [6.07, 6.45) is 0.722. The molecule has 0 saturated carbocycles. The van der Waals surface area contributed by atoms with Gasteiger partial charge in [0.1, 0.15) is 0 Å². The van der Waals surface area contributed by atoms with E-state index in [0.717, 1.165) is 6.20 Å². The van der Waals surface area contributed by atoms with Gasteiger partial charge in [0.25, 0.3) is 0 Å². The van der Waals surface area contributed by atoms with Crippen molar-refractivity contribution in [2.75, 3.05) is 6.79 Å². The fourth-order valence-corrected chi connectivity index (χ4v) is 0.826. The number of aromatic amines is 1. The van der Waals surface area contributed by atoms with Gasteiger partial charge in [0.2, 0.25) is 18.5 Å². The molecule has 0 bridgehead atoms. The van der Waals surface area contributed by atoms with E-state index in [9.17, 15) is 14.0 Å². The van der Waals surface area contributed by atoms with E-state index in [2.05, 4.69) is 4.98 Å². The number of nitrogens with one attached hydrogen (secondary N) is 1. The number of ether oxygens (including phenoxy) is 2. The van der Waals surface area contributed by atoms with Gasteiger partial charge in [-0.1, -0.05) is 0 Å². The maximum absolute atomic E-state index is 13.0. The standard InChI is InChI=1S/C10H13FN2O4/c1-10(2,3)8(14)17-5-16-7-6(11)4-12-9(15)13-7/h4H,5H2,1-3H3,(H,12,13,15). The van der Waals surface area contributed by atoms with Crippen molar-refractivity contribution in [3.05, 3.63) is 22.5 Å². The van der Waals surface area contributed by atoms with Crippen LogP contribution in [0.3, 0.4) is 0 Å². The summed E-state index contributed by atoms with van der Waals surface area (Å²) in [5, 5.41) is 0. The number of carbonyl (C=O) groups excluding carboxylic acids is 1. The molecule has 0 fully saturated rings. The predicted molar refractivity (Wildman–Crippen MR) is 55.9 cm³/mol. The van der Waals surface area contributed by atoms with Gasteiger partial charge in [0, 0.05) is 0 Å². The molecule has 1 heterocycles. The van der Waals surface area contributed by atoms with E-state index < -0.39 is 35.6 Å². The molecule has 0 spiro atoms. The first-order valence-corrected chi connectivity index (χ1v) is 4.85. The van der Waals surface area contributed by atoms with Crippen molar-refractivity contribution in [1.29, 1.82) is 0 Å². The highest BCUT2D eigenvalue weighted by atomic mass is 19.1. The Morgan fingerprint density at radius 1 is 1.53 bits per heavy atom. The molecule has 0 radical (unpaired) electrons. The van der Waals surface area contributed by atoms with Crippen LogP contribution in [-0.2, 0) is 9.53 Å². The number of carbonyl (C=O) groups is 1. The number of nitrogens with zero attached hydrogens (tertiary/aromatic N) is 1. The molecule has 0 atom stereocenters. The number of H-pyrrole nitrogens is 1. The quantitative estimate of drug-likeness (QED) is 0.629. The molecule has 0 aromatic carbocycles. The maximum Gasteiger partial charge on any atom is 0.347 e. The SMILES string of the molecule is CC(C)(C)C(=O)OCOc1[nH]c(=O)ncc1F. The summed E-state index contributed by atoms with van der Waals surface area (Å²) in [7, 11) is 0. The maximum atomic E-state index is 13.0. The van der Waals surface area contributed by atoms with Gasteiger partial charge in [-0.15, -0.1) is 0 Å². The molecule has 0 aliphatic carbocycles. The highest BCUT2D eigenvalue weighted by Gasteiger charge is 2.23. The van der Waals surface area contributed by atoms with E-state index in [1.165, 1.54) is 0 Å². The van der Waals surface area contributed by atoms with E-state index in [0.29, 0.717) is 0 Å². The second kappa shape index (κ2) is 4.94. The first kappa shape index (κ1) is 13.1.